The van der Waals surface area contributed by atoms with Crippen molar-refractivity contribution in [1.82, 2.24) is 5.32 Å². The first-order valence-electron chi connectivity index (χ1n) is 6.45. The highest BCUT2D eigenvalue weighted by Crippen LogP contribution is 2.28. The summed E-state index contributed by atoms with van der Waals surface area (Å²) in [6, 6.07) is 0.616. The molecule has 0 aliphatic heterocycles. The number of hydrogen-bond donors (Lipinski definition) is 2. The second kappa shape index (κ2) is 5.86. The van der Waals surface area contributed by atoms with Crippen molar-refractivity contribution < 1.29 is 5.11 Å². The van der Waals surface area contributed by atoms with Gasteiger partial charge >= 0.3 is 0 Å². The summed E-state index contributed by atoms with van der Waals surface area (Å²) in [7, 11) is 0. The number of hydrogen-bond acceptors (Lipinski definition) is 2. The second-order valence-electron chi connectivity index (χ2n) is 5.54. The third-order valence-corrected chi connectivity index (χ3v) is 4.19. The van der Waals surface area contributed by atoms with Crippen molar-refractivity contribution in [1.29, 1.82) is 0 Å². The predicted octanol–water partition coefficient (Wildman–Crippen LogP) is 2.56. The van der Waals surface area contributed by atoms with E-state index in [1.165, 1.54) is 25.7 Å². The maximum Gasteiger partial charge on any atom is 0.0496 e. The molecule has 0 bridgehead atoms. The number of aliphatic hydroxyl groups excluding tert-OH is 1. The molecule has 0 saturated heterocycles. The van der Waals surface area contributed by atoms with Crippen molar-refractivity contribution in [2.24, 2.45) is 11.3 Å². The lowest BCUT2D eigenvalue weighted by Gasteiger charge is -2.30. The fourth-order valence-electron chi connectivity index (χ4n) is 2.32. The minimum absolute atomic E-state index is 0.0624. The maximum atomic E-state index is 9.32. The Morgan fingerprint density at radius 3 is 2.47 bits per heavy atom. The van der Waals surface area contributed by atoms with Crippen LogP contribution in [0.2, 0.25) is 0 Å². The van der Waals surface area contributed by atoms with Crippen molar-refractivity contribution in [3.63, 3.8) is 0 Å². The number of nitrogens with one attached hydrogen (secondary N) is 1. The molecular formula is C13H27NO. The average Bonchev–Trinajstić information content (AvgIpc) is 2.79. The molecule has 0 amide bonds. The summed E-state index contributed by atoms with van der Waals surface area (Å²) in [5, 5.41) is 12.9. The van der Waals surface area contributed by atoms with E-state index in [1.807, 2.05) is 0 Å². The van der Waals surface area contributed by atoms with Crippen LogP contribution in [0.5, 0.6) is 0 Å². The molecule has 2 N–H and O–H groups in total. The summed E-state index contributed by atoms with van der Waals surface area (Å²) in [6.45, 7) is 7.83. The topological polar surface area (TPSA) is 32.3 Å². The Hall–Kier alpha value is -0.0800. The number of aliphatic hydroxyl groups is 1. The fraction of sp³-hybridized carbons (Fsp3) is 1.00. The molecule has 0 aromatic carbocycles. The molecule has 1 aliphatic rings. The molecule has 15 heavy (non-hydrogen) atoms. The highest BCUT2D eigenvalue weighted by molar-refractivity contribution is 4.81. The zero-order valence-corrected chi connectivity index (χ0v) is 10.6. The summed E-state index contributed by atoms with van der Waals surface area (Å²) in [5.41, 5.74) is 0.0624. The first kappa shape index (κ1) is 13.0. The zero-order chi connectivity index (χ0) is 11.3. The normalized spacial score (nSPS) is 24.0. The molecule has 0 aromatic rings. The molecular weight excluding hydrogens is 186 g/mol. The Bertz CT molecular complexity index is 171. The van der Waals surface area contributed by atoms with E-state index in [2.05, 4.69) is 26.1 Å². The van der Waals surface area contributed by atoms with E-state index < -0.39 is 0 Å². The molecule has 1 fully saturated rings. The smallest absolute Gasteiger partial charge is 0.0496 e. The summed E-state index contributed by atoms with van der Waals surface area (Å²) >= 11 is 0. The molecule has 2 atom stereocenters. The SMILES string of the molecule is CCC(C)(CO)CN[C@@H](C)C1CCCC1. The molecule has 0 heterocycles. The van der Waals surface area contributed by atoms with Crippen LogP contribution in [0.25, 0.3) is 0 Å². The van der Waals surface area contributed by atoms with E-state index in [4.69, 9.17) is 0 Å². The first-order chi connectivity index (χ1) is 7.11. The second-order valence-corrected chi connectivity index (χ2v) is 5.54. The van der Waals surface area contributed by atoms with Gasteiger partial charge in [0.25, 0.3) is 0 Å². The van der Waals surface area contributed by atoms with Gasteiger partial charge in [-0.25, -0.2) is 0 Å². The van der Waals surface area contributed by atoms with E-state index in [-0.39, 0.29) is 12.0 Å². The van der Waals surface area contributed by atoms with Crippen molar-refractivity contribution in [2.75, 3.05) is 13.2 Å². The largest absolute Gasteiger partial charge is 0.396 e. The van der Waals surface area contributed by atoms with Gasteiger partial charge in [0.2, 0.25) is 0 Å². The lowest BCUT2D eigenvalue weighted by atomic mass is 9.87. The molecule has 2 heteroatoms. The quantitative estimate of drug-likeness (QED) is 0.711. The van der Waals surface area contributed by atoms with Crippen LogP contribution in [-0.2, 0) is 0 Å². The Morgan fingerprint density at radius 1 is 1.40 bits per heavy atom. The van der Waals surface area contributed by atoms with Gasteiger partial charge in [0.15, 0.2) is 0 Å². The van der Waals surface area contributed by atoms with Gasteiger partial charge < -0.3 is 10.4 Å². The van der Waals surface area contributed by atoms with Crippen molar-refractivity contribution in [3.8, 4) is 0 Å². The Morgan fingerprint density at radius 2 is 2.00 bits per heavy atom. The van der Waals surface area contributed by atoms with Crippen LogP contribution >= 0.6 is 0 Å². The molecule has 1 aliphatic carbocycles. The summed E-state index contributed by atoms with van der Waals surface area (Å²) in [6.07, 6.45) is 6.61. The van der Waals surface area contributed by atoms with Crippen molar-refractivity contribution >= 4 is 0 Å². The molecule has 90 valence electrons. The van der Waals surface area contributed by atoms with Gasteiger partial charge in [0, 0.05) is 24.6 Å². The van der Waals surface area contributed by atoms with E-state index >= 15 is 0 Å². The van der Waals surface area contributed by atoms with Crippen LogP contribution in [0.1, 0.15) is 52.9 Å². The maximum absolute atomic E-state index is 9.32. The lowest BCUT2D eigenvalue weighted by molar-refractivity contribution is 0.129. The standard InChI is InChI=1S/C13H27NO/c1-4-13(3,10-15)9-14-11(2)12-7-5-6-8-12/h11-12,14-15H,4-10H2,1-3H3/t11-,13?/m0/s1. The predicted molar refractivity (Wildman–Crippen MR) is 64.9 cm³/mol. The zero-order valence-electron chi connectivity index (χ0n) is 10.6. The Kier molecular flexibility index (Phi) is 5.07. The number of rotatable bonds is 6. The lowest BCUT2D eigenvalue weighted by Crippen LogP contribution is -2.41. The van der Waals surface area contributed by atoms with Gasteiger partial charge in [-0.15, -0.1) is 0 Å². The molecule has 1 unspecified atom stereocenters. The highest BCUT2D eigenvalue weighted by atomic mass is 16.3. The van der Waals surface area contributed by atoms with E-state index in [0.29, 0.717) is 6.04 Å². The van der Waals surface area contributed by atoms with E-state index in [9.17, 15) is 5.11 Å². The molecule has 0 spiro atoms. The van der Waals surface area contributed by atoms with Gasteiger partial charge in [-0.2, -0.15) is 0 Å². The Labute approximate surface area is 94.5 Å². The van der Waals surface area contributed by atoms with Crippen LogP contribution in [-0.4, -0.2) is 24.3 Å². The monoisotopic (exact) mass is 213 g/mol. The summed E-state index contributed by atoms with van der Waals surface area (Å²) < 4.78 is 0. The van der Waals surface area contributed by atoms with E-state index in [0.717, 1.165) is 18.9 Å². The van der Waals surface area contributed by atoms with Crippen LogP contribution in [0.15, 0.2) is 0 Å². The van der Waals surface area contributed by atoms with Crippen LogP contribution in [0.3, 0.4) is 0 Å². The van der Waals surface area contributed by atoms with Crippen molar-refractivity contribution in [3.05, 3.63) is 0 Å². The molecule has 2 nitrogen and oxygen atoms in total. The minimum Gasteiger partial charge on any atom is -0.396 e. The first-order valence-corrected chi connectivity index (χ1v) is 6.45. The fourth-order valence-corrected chi connectivity index (χ4v) is 2.32. The highest BCUT2D eigenvalue weighted by Gasteiger charge is 2.25. The molecule has 0 aromatic heterocycles. The van der Waals surface area contributed by atoms with Gasteiger partial charge in [-0.05, 0) is 32.1 Å². The van der Waals surface area contributed by atoms with Crippen LogP contribution < -0.4 is 5.32 Å². The van der Waals surface area contributed by atoms with Gasteiger partial charge in [-0.3, -0.25) is 0 Å². The molecule has 1 rings (SSSR count). The van der Waals surface area contributed by atoms with Crippen LogP contribution in [0, 0.1) is 11.3 Å². The summed E-state index contributed by atoms with van der Waals surface area (Å²) in [4.78, 5) is 0. The average molecular weight is 213 g/mol. The molecule has 1 saturated carbocycles. The van der Waals surface area contributed by atoms with Gasteiger partial charge in [-0.1, -0.05) is 26.7 Å². The van der Waals surface area contributed by atoms with Gasteiger partial charge in [0.05, 0.1) is 0 Å². The van der Waals surface area contributed by atoms with E-state index in [1.54, 1.807) is 0 Å². The summed E-state index contributed by atoms with van der Waals surface area (Å²) in [5.74, 6) is 0.866. The third kappa shape index (κ3) is 3.76. The molecule has 0 radical (unpaired) electrons. The van der Waals surface area contributed by atoms with Crippen LogP contribution in [0.4, 0.5) is 0 Å². The van der Waals surface area contributed by atoms with Crippen molar-refractivity contribution in [2.45, 2.75) is 58.9 Å². The van der Waals surface area contributed by atoms with Gasteiger partial charge in [0.1, 0.15) is 0 Å². The Balaban J connectivity index is 2.28. The minimum atomic E-state index is 0.0624. The third-order valence-electron chi connectivity index (χ3n) is 4.19.